The molecule has 0 aliphatic carbocycles. The minimum absolute atomic E-state index is 0.167. The van der Waals surface area contributed by atoms with Crippen LogP contribution in [0.15, 0.2) is 0 Å². The highest BCUT2D eigenvalue weighted by molar-refractivity contribution is 5.81. The normalized spacial score (nSPS) is 10.7. The molecule has 0 fully saturated rings. The van der Waals surface area contributed by atoms with E-state index in [1.54, 1.807) is 20.8 Å². The fourth-order valence-electron chi connectivity index (χ4n) is 0.588. The van der Waals surface area contributed by atoms with Gasteiger partial charge in [-0.1, -0.05) is 0 Å². The molecule has 0 spiro atoms. The number of esters is 1. The molecular formula is C8H16N3O2. The Kier molecular flexibility index (Phi) is 4.23. The van der Waals surface area contributed by atoms with Crippen molar-refractivity contribution in [2.75, 3.05) is 6.54 Å². The first-order valence-electron chi connectivity index (χ1n) is 3.95. The molecule has 0 heterocycles. The number of hydrogen-bond donors (Lipinski definition) is 3. The summed E-state index contributed by atoms with van der Waals surface area (Å²) in [5.41, 5.74) is 4.52. The summed E-state index contributed by atoms with van der Waals surface area (Å²) in [7, 11) is 0. The van der Waals surface area contributed by atoms with E-state index in [2.05, 4.69) is 5.32 Å². The van der Waals surface area contributed by atoms with E-state index in [0.29, 0.717) is 0 Å². The van der Waals surface area contributed by atoms with Gasteiger partial charge in [0.25, 0.3) is 0 Å². The van der Waals surface area contributed by atoms with Crippen molar-refractivity contribution in [3.63, 3.8) is 0 Å². The molecule has 1 radical (unpaired) electrons. The van der Waals surface area contributed by atoms with Gasteiger partial charge in [-0.2, -0.15) is 0 Å². The molecule has 0 amide bonds. The van der Waals surface area contributed by atoms with E-state index in [4.69, 9.17) is 15.9 Å². The Bertz CT molecular complexity index is 196. The second kappa shape index (κ2) is 4.69. The zero-order valence-electron chi connectivity index (χ0n) is 8.18. The molecule has 0 aromatic rings. The Hall–Kier alpha value is -1.26. The smallest absolute Gasteiger partial charge is 0.312 e. The van der Waals surface area contributed by atoms with Gasteiger partial charge in [0, 0.05) is 6.54 Å². The Morgan fingerprint density at radius 2 is 2.15 bits per heavy atom. The number of carbonyl (C=O) groups excluding carboxylic acids is 1. The van der Waals surface area contributed by atoms with Crippen LogP contribution >= 0.6 is 0 Å². The van der Waals surface area contributed by atoms with Crippen molar-refractivity contribution in [1.29, 1.82) is 5.41 Å². The third-order valence-corrected chi connectivity index (χ3v) is 0.968. The molecule has 0 bridgehead atoms. The third-order valence-electron chi connectivity index (χ3n) is 0.968. The molecule has 0 aliphatic heterocycles. The first kappa shape index (κ1) is 11.7. The maximum atomic E-state index is 11.0. The van der Waals surface area contributed by atoms with Crippen LogP contribution in [0.5, 0.6) is 0 Å². The second-order valence-electron chi connectivity index (χ2n) is 3.53. The molecule has 0 aromatic carbocycles. The predicted octanol–water partition coefficient (Wildman–Crippen LogP) is 0.0155. The van der Waals surface area contributed by atoms with Gasteiger partial charge >= 0.3 is 5.97 Å². The van der Waals surface area contributed by atoms with Gasteiger partial charge in [0.15, 0.2) is 5.96 Å². The molecule has 5 heteroatoms. The van der Waals surface area contributed by atoms with Crippen LogP contribution in [0.4, 0.5) is 0 Å². The second-order valence-corrected chi connectivity index (χ2v) is 3.53. The SMILES string of the molecule is CC(C)(C)OC(=O)[CH]CNC(=N)N. The van der Waals surface area contributed by atoms with Crippen molar-refractivity contribution in [3.05, 3.63) is 6.42 Å². The summed E-state index contributed by atoms with van der Waals surface area (Å²) < 4.78 is 4.97. The van der Waals surface area contributed by atoms with Crippen LogP contribution in [0.3, 0.4) is 0 Å². The van der Waals surface area contributed by atoms with Gasteiger partial charge in [0.05, 0.1) is 6.42 Å². The molecular weight excluding hydrogens is 170 g/mol. The summed E-state index contributed by atoms with van der Waals surface area (Å²) in [6, 6.07) is 0. The van der Waals surface area contributed by atoms with Gasteiger partial charge in [-0.15, -0.1) is 0 Å². The largest absolute Gasteiger partial charge is 0.460 e. The van der Waals surface area contributed by atoms with E-state index in [1.165, 1.54) is 6.42 Å². The Morgan fingerprint density at radius 3 is 2.54 bits per heavy atom. The number of carbonyl (C=O) groups is 1. The van der Waals surface area contributed by atoms with E-state index < -0.39 is 11.6 Å². The van der Waals surface area contributed by atoms with Gasteiger partial charge < -0.3 is 15.8 Å². The average molecular weight is 186 g/mol. The van der Waals surface area contributed by atoms with Gasteiger partial charge in [-0.05, 0) is 20.8 Å². The van der Waals surface area contributed by atoms with E-state index in [9.17, 15) is 4.79 Å². The Morgan fingerprint density at radius 1 is 1.62 bits per heavy atom. The van der Waals surface area contributed by atoms with E-state index in [0.717, 1.165) is 0 Å². The molecule has 0 unspecified atom stereocenters. The van der Waals surface area contributed by atoms with Crippen molar-refractivity contribution >= 4 is 11.9 Å². The molecule has 0 saturated heterocycles. The van der Waals surface area contributed by atoms with Crippen LogP contribution in [0.25, 0.3) is 0 Å². The van der Waals surface area contributed by atoms with E-state index in [-0.39, 0.29) is 12.5 Å². The first-order valence-corrected chi connectivity index (χ1v) is 3.95. The maximum absolute atomic E-state index is 11.0. The number of ether oxygens (including phenoxy) is 1. The highest BCUT2D eigenvalue weighted by Gasteiger charge is 2.15. The zero-order valence-corrected chi connectivity index (χ0v) is 8.18. The van der Waals surface area contributed by atoms with Gasteiger partial charge in [-0.3, -0.25) is 10.2 Å². The standard InChI is InChI=1S/C8H16N3O2/c1-8(2,3)13-6(12)4-5-11-7(9)10/h4H,5H2,1-3H3,(H4,9,10,11). The lowest BCUT2D eigenvalue weighted by atomic mass is 10.2. The summed E-state index contributed by atoms with van der Waals surface area (Å²) in [6.45, 7) is 5.58. The van der Waals surface area contributed by atoms with Crippen molar-refractivity contribution in [1.82, 2.24) is 5.32 Å². The minimum Gasteiger partial charge on any atom is -0.460 e. The average Bonchev–Trinajstić information content (AvgIpc) is 1.81. The molecule has 5 nitrogen and oxygen atoms in total. The molecule has 0 aromatic heterocycles. The van der Waals surface area contributed by atoms with Crippen molar-refractivity contribution < 1.29 is 9.53 Å². The Balaban J connectivity index is 3.59. The fourth-order valence-corrected chi connectivity index (χ4v) is 0.588. The molecule has 75 valence electrons. The highest BCUT2D eigenvalue weighted by Crippen LogP contribution is 2.07. The van der Waals surface area contributed by atoms with Crippen molar-refractivity contribution in [2.45, 2.75) is 26.4 Å². The lowest BCUT2D eigenvalue weighted by Crippen LogP contribution is -2.33. The minimum atomic E-state index is -0.482. The van der Waals surface area contributed by atoms with Crippen molar-refractivity contribution in [2.24, 2.45) is 5.73 Å². The van der Waals surface area contributed by atoms with Gasteiger partial charge in [0.1, 0.15) is 5.60 Å². The summed E-state index contributed by atoms with van der Waals surface area (Å²) in [6.07, 6.45) is 1.30. The van der Waals surface area contributed by atoms with Crippen molar-refractivity contribution in [3.8, 4) is 0 Å². The summed E-state index contributed by atoms with van der Waals surface area (Å²) in [5, 5.41) is 9.28. The predicted molar refractivity (Wildman–Crippen MR) is 50.1 cm³/mol. The molecule has 0 aliphatic rings. The molecule has 0 saturated carbocycles. The van der Waals surface area contributed by atoms with Crippen LogP contribution in [0.1, 0.15) is 20.8 Å². The molecule has 0 rings (SSSR count). The van der Waals surface area contributed by atoms with E-state index in [1.807, 2.05) is 0 Å². The topological polar surface area (TPSA) is 88.2 Å². The fraction of sp³-hybridized carbons (Fsp3) is 0.625. The first-order chi connectivity index (χ1) is 5.81. The zero-order chi connectivity index (χ0) is 10.5. The quantitative estimate of drug-likeness (QED) is 0.329. The monoisotopic (exact) mass is 186 g/mol. The Labute approximate surface area is 78.1 Å². The summed E-state index contributed by atoms with van der Waals surface area (Å²) in [5.74, 6) is -0.582. The van der Waals surface area contributed by atoms with Crippen LogP contribution in [0, 0.1) is 11.8 Å². The molecule has 13 heavy (non-hydrogen) atoms. The highest BCUT2D eigenvalue weighted by atomic mass is 16.6. The lowest BCUT2D eigenvalue weighted by molar-refractivity contribution is -0.150. The van der Waals surface area contributed by atoms with E-state index >= 15 is 0 Å². The maximum Gasteiger partial charge on any atom is 0.312 e. The number of guanidine groups is 1. The molecule has 0 atom stereocenters. The summed E-state index contributed by atoms with van der Waals surface area (Å²) in [4.78, 5) is 11.0. The number of hydrogen-bond acceptors (Lipinski definition) is 3. The van der Waals surface area contributed by atoms with Crippen LogP contribution in [-0.2, 0) is 9.53 Å². The third kappa shape index (κ3) is 8.65. The molecule has 4 N–H and O–H groups in total. The van der Waals surface area contributed by atoms with Gasteiger partial charge in [-0.25, -0.2) is 0 Å². The van der Waals surface area contributed by atoms with Crippen LogP contribution in [-0.4, -0.2) is 24.1 Å². The number of nitrogens with one attached hydrogen (secondary N) is 2. The van der Waals surface area contributed by atoms with Gasteiger partial charge in [0.2, 0.25) is 0 Å². The summed E-state index contributed by atoms with van der Waals surface area (Å²) >= 11 is 0. The van der Waals surface area contributed by atoms with Crippen LogP contribution in [0.2, 0.25) is 0 Å². The lowest BCUT2D eigenvalue weighted by Gasteiger charge is -2.19. The number of rotatable bonds is 3. The number of nitrogens with two attached hydrogens (primary N) is 1. The van der Waals surface area contributed by atoms with Crippen LogP contribution < -0.4 is 11.1 Å².